The largest absolute Gasteiger partial charge is 0.490 e. The number of carbonyl (C=O) groups excluding carboxylic acids is 1. The Morgan fingerprint density at radius 3 is 2.37 bits per heavy atom. The van der Waals surface area contributed by atoms with Gasteiger partial charge in [-0.05, 0) is 100 Å². The third kappa shape index (κ3) is 13.4. The van der Waals surface area contributed by atoms with Crippen LogP contribution in [-0.4, -0.2) is 93.0 Å². The van der Waals surface area contributed by atoms with Gasteiger partial charge in [0.15, 0.2) is 0 Å². The fourth-order valence-electron chi connectivity index (χ4n) is 6.75. The Bertz CT molecular complexity index is 2500. The molecule has 0 aromatic heterocycles. The molecule has 3 unspecified atom stereocenters. The number of nitrogens with zero attached hydrogens (tertiary/aromatic N) is 1. The summed E-state index contributed by atoms with van der Waals surface area (Å²) >= 11 is 0. The Balaban J connectivity index is 1.25. The summed E-state index contributed by atoms with van der Waals surface area (Å²) in [5.74, 6) is -1.07. The lowest BCUT2D eigenvalue weighted by Gasteiger charge is -2.25. The summed E-state index contributed by atoms with van der Waals surface area (Å²) < 4.78 is 64.0. The van der Waals surface area contributed by atoms with E-state index < -0.39 is 64.9 Å². The highest BCUT2D eigenvalue weighted by Crippen LogP contribution is 2.66. The zero-order valence-electron chi connectivity index (χ0n) is 34.6. The van der Waals surface area contributed by atoms with Gasteiger partial charge in [0.25, 0.3) is 5.91 Å². The van der Waals surface area contributed by atoms with Crippen molar-refractivity contribution >= 4 is 75.7 Å². The van der Waals surface area contributed by atoms with Crippen molar-refractivity contribution in [1.29, 1.82) is 0 Å². The molecular weight excluding hydrogens is 908 g/mol. The highest BCUT2D eigenvalue weighted by Gasteiger charge is 2.42. The molecule has 0 saturated carbocycles. The highest BCUT2D eigenvalue weighted by atomic mass is 33.1. The van der Waals surface area contributed by atoms with Crippen LogP contribution in [-0.2, 0) is 42.7 Å². The van der Waals surface area contributed by atoms with Crippen LogP contribution in [0.1, 0.15) is 77.9 Å². The number of amides is 1. The number of nitrogens with one attached hydrogen (secondary N) is 1. The Hall–Kier alpha value is -2.84. The summed E-state index contributed by atoms with van der Waals surface area (Å²) in [6.07, 6.45) is 0.139. The molecule has 0 spiro atoms. The first-order valence-corrected chi connectivity index (χ1v) is 26.0. The van der Waals surface area contributed by atoms with Gasteiger partial charge < -0.3 is 43.9 Å². The summed E-state index contributed by atoms with van der Waals surface area (Å²) in [5, 5.41) is 15.0. The van der Waals surface area contributed by atoms with Crippen molar-refractivity contribution in [2.45, 2.75) is 83.8 Å². The summed E-state index contributed by atoms with van der Waals surface area (Å²) in [6.45, 7) is 11.8. The van der Waals surface area contributed by atoms with Crippen LogP contribution in [0.25, 0.3) is 33.4 Å². The maximum absolute atomic E-state index is 13.5. The minimum atomic E-state index is -5.70. The van der Waals surface area contributed by atoms with Crippen LogP contribution in [0.3, 0.4) is 0 Å². The molecule has 2 aliphatic heterocycles. The van der Waals surface area contributed by atoms with E-state index in [1.165, 1.54) is 27.7 Å². The number of benzene rings is 3. The van der Waals surface area contributed by atoms with E-state index >= 15 is 0 Å². The third-order valence-corrected chi connectivity index (χ3v) is 16.2. The van der Waals surface area contributed by atoms with Gasteiger partial charge in [0.2, 0.25) is 0 Å². The number of ether oxygens (including phenoxy) is 2. The van der Waals surface area contributed by atoms with E-state index in [9.17, 15) is 38.2 Å². The lowest BCUT2D eigenvalue weighted by Crippen LogP contribution is -2.36. The molecule has 0 bridgehead atoms. The molecule has 2 radical (unpaired) electrons. The second-order valence-electron chi connectivity index (χ2n) is 15.0. The molecule has 2 aromatic carbocycles. The monoisotopic (exact) mass is 956 g/mol. The molecule has 24 heteroatoms. The SMILES string of the molecule is [B][C@H]1CC(OCSSC(C)(C)CNC(=O)c2ccc(-c3c4cc(C)c(=NCC)cc-4oc4cc(CCC)c(C)cc34)c(C(=O)O)c2)[C@@H](COP(=O)(O)OP(=O)(O)OP(=O)(O)O)O1. The molecule has 2 heterocycles. The average molecular weight is 957 g/mol. The molecule has 1 saturated heterocycles. The van der Waals surface area contributed by atoms with Crippen molar-refractivity contribution in [3.8, 4) is 22.5 Å². The molecule has 5 rings (SSSR count). The average Bonchev–Trinajstić information content (AvgIpc) is 3.52. The van der Waals surface area contributed by atoms with Crippen molar-refractivity contribution in [2.24, 2.45) is 4.99 Å². The second-order valence-corrected chi connectivity index (χ2v) is 22.3. The number of carbonyl (C=O) groups is 2. The quantitative estimate of drug-likeness (QED) is 0.0127. The zero-order valence-corrected chi connectivity index (χ0v) is 38.9. The van der Waals surface area contributed by atoms with Crippen LogP contribution >= 0.6 is 45.1 Å². The van der Waals surface area contributed by atoms with Gasteiger partial charge >= 0.3 is 29.4 Å². The number of fused-ring (bicyclic) bond motifs is 2. The van der Waals surface area contributed by atoms with Crippen LogP contribution in [0.5, 0.6) is 0 Å². The molecule has 1 fully saturated rings. The van der Waals surface area contributed by atoms with E-state index in [1.54, 1.807) is 12.1 Å². The van der Waals surface area contributed by atoms with Crippen LogP contribution in [0.15, 0.2) is 51.9 Å². The van der Waals surface area contributed by atoms with Crippen molar-refractivity contribution in [3.63, 3.8) is 0 Å². The van der Waals surface area contributed by atoms with Crippen molar-refractivity contribution < 1.29 is 75.0 Å². The number of carboxylic acids is 1. The molecule has 62 heavy (non-hydrogen) atoms. The second kappa shape index (κ2) is 20.6. The van der Waals surface area contributed by atoms with Crippen LogP contribution in [0.4, 0.5) is 0 Å². The van der Waals surface area contributed by atoms with E-state index in [-0.39, 0.29) is 30.0 Å². The Morgan fingerprint density at radius 2 is 1.71 bits per heavy atom. The topological polar surface area (TPSA) is 270 Å². The predicted octanol–water partition coefficient (Wildman–Crippen LogP) is 7.25. The predicted molar refractivity (Wildman–Crippen MR) is 235 cm³/mol. The Morgan fingerprint density at radius 1 is 0.984 bits per heavy atom. The number of carboxylic acid groups (broad SMARTS) is 1. The van der Waals surface area contributed by atoms with Crippen molar-refractivity contribution in [2.75, 3.05) is 25.6 Å². The number of hydrogen-bond acceptors (Lipinski definition) is 14. The number of phosphoric acid groups is 3. The van der Waals surface area contributed by atoms with Crippen molar-refractivity contribution in [1.82, 2.24) is 5.32 Å². The van der Waals surface area contributed by atoms with Gasteiger partial charge in [0, 0.05) is 52.0 Å². The lowest BCUT2D eigenvalue weighted by molar-refractivity contribution is -0.0237. The molecule has 1 aliphatic carbocycles. The van der Waals surface area contributed by atoms with Gasteiger partial charge in [-0.25, -0.2) is 18.5 Å². The summed E-state index contributed by atoms with van der Waals surface area (Å²) in [5.41, 5.74) is 5.62. The molecule has 5 atom stereocenters. The smallest absolute Gasteiger partial charge is 0.478 e. The summed E-state index contributed by atoms with van der Waals surface area (Å²) in [6, 6.07) is 11.7. The van der Waals surface area contributed by atoms with E-state index in [0.717, 1.165) is 45.8 Å². The van der Waals surface area contributed by atoms with Gasteiger partial charge in [-0.2, -0.15) is 8.62 Å². The highest BCUT2D eigenvalue weighted by molar-refractivity contribution is 8.77. The molecule has 3 aliphatic rings. The molecule has 6 N–H and O–H groups in total. The minimum Gasteiger partial charge on any atom is -0.478 e. The van der Waals surface area contributed by atoms with E-state index in [1.807, 2.05) is 58.9 Å². The normalized spacial score (nSPS) is 19.5. The summed E-state index contributed by atoms with van der Waals surface area (Å²) in [4.78, 5) is 67.7. The molecular formula is C38H48BN2O16P3S2. The third-order valence-electron chi connectivity index (χ3n) is 9.46. The summed E-state index contributed by atoms with van der Waals surface area (Å²) in [7, 11) is -8.13. The van der Waals surface area contributed by atoms with E-state index in [4.69, 9.17) is 31.5 Å². The van der Waals surface area contributed by atoms with Crippen molar-refractivity contribution in [3.05, 3.63) is 75.6 Å². The number of phosphoric ester groups is 1. The molecule has 2 aromatic rings. The fraction of sp³-hybridized carbons (Fsp3) is 0.447. The van der Waals surface area contributed by atoms with E-state index in [0.29, 0.717) is 29.0 Å². The zero-order chi connectivity index (χ0) is 45.8. The number of aryl methyl sites for hydroxylation is 3. The lowest BCUT2D eigenvalue weighted by atomic mass is 9.88. The maximum Gasteiger partial charge on any atom is 0.490 e. The molecule has 18 nitrogen and oxygen atoms in total. The fourth-order valence-corrected chi connectivity index (χ4v) is 11.9. The van der Waals surface area contributed by atoms with Crippen LogP contribution in [0, 0.1) is 13.8 Å². The maximum atomic E-state index is 13.5. The molecule has 1 amide bonds. The minimum absolute atomic E-state index is 0.0565. The van der Waals surface area contributed by atoms with Gasteiger partial charge in [-0.3, -0.25) is 14.3 Å². The first-order chi connectivity index (χ1) is 28.9. The van der Waals surface area contributed by atoms with Gasteiger partial charge in [0.1, 0.15) is 31.2 Å². The first kappa shape index (κ1) is 50.2. The number of rotatable bonds is 20. The first-order valence-electron chi connectivity index (χ1n) is 19.2. The number of aromatic carboxylic acids is 1. The standard InChI is InChI=1S/C38H48BN2O16P3S2/c1-7-9-23-15-30-27(12-21(23)3)35(28-13-22(4)29(40-8-2)16-31(28)54-30)25-11-10-24(14-26(25)37(43)44)36(42)41-19-38(5,6)62-61-20-52-32-17-34(39)55-33(32)18-53-59(48,49)57-60(50,51)56-58(45,46)47/h10-16,32-34H,7-9,17-20H2,1-6H3,(H,41,42)(H,43,44)(H,48,49)(H,50,51)(H2,45,46,47)/t32?,33-,34-/m1/s1. The Kier molecular flexibility index (Phi) is 16.6. The van der Waals surface area contributed by atoms with Crippen LogP contribution < -0.4 is 10.7 Å². The van der Waals surface area contributed by atoms with E-state index in [2.05, 4.69) is 30.4 Å². The van der Waals surface area contributed by atoms with Crippen LogP contribution in [0.2, 0.25) is 0 Å². The van der Waals surface area contributed by atoms with Gasteiger partial charge in [0.05, 0.1) is 23.6 Å². The van der Waals surface area contributed by atoms with Gasteiger partial charge in [-0.1, -0.05) is 41.0 Å². The molecule has 336 valence electrons. The van der Waals surface area contributed by atoms with Gasteiger partial charge in [-0.15, -0.1) is 0 Å². The Labute approximate surface area is 367 Å². The number of hydrogen-bond donors (Lipinski definition) is 6.